The topological polar surface area (TPSA) is 89.8 Å². The Labute approximate surface area is 85.0 Å². The molecule has 2 rings (SSSR count). The summed E-state index contributed by atoms with van der Waals surface area (Å²) in [5, 5.41) is 17.5. The number of H-pyrrole nitrogens is 1. The highest BCUT2D eigenvalue weighted by Crippen LogP contribution is 2.19. The van der Waals surface area contributed by atoms with Gasteiger partial charge in [0.25, 0.3) is 0 Å². The smallest absolute Gasteiger partial charge is 0.307 e. The maximum absolute atomic E-state index is 10.6. The van der Waals surface area contributed by atoms with Crippen LogP contribution in [-0.2, 0) is 11.2 Å². The van der Waals surface area contributed by atoms with Gasteiger partial charge >= 0.3 is 5.97 Å². The summed E-state index contributed by atoms with van der Waals surface area (Å²) < 4.78 is 0. The van der Waals surface area contributed by atoms with Crippen molar-refractivity contribution in [1.82, 2.24) is 9.97 Å². The summed E-state index contributed by atoms with van der Waals surface area (Å²) >= 11 is 0. The number of nitrogens with one attached hydrogen (secondary N) is 1. The lowest BCUT2D eigenvalue weighted by atomic mass is 10.1. The number of aromatic amines is 1. The number of benzene rings is 1. The van der Waals surface area contributed by atoms with Crippen molar-refractivity contribution >= 4 is 17.0 Å². The fourth-order valence-electron chi connectivity index (χ4n) is 1.49. The molecule has 0 unspecified atom stereocenters. The van der Waals surface area contributed by atoms with Gasteiger partial charge in [0, 0.05) is 0 Å². The van der Waals surface area contributed by atoms with E-state index in [-0.39, 0.29) is 6.42 Å². The summed E-state index contributed by atoms with van der Waals surface area (Å²) in [6.07, 6.45) is 1.36. The molecule has 0 spiro atoms. The molecule has 0 amide bonds. The average molecular weight is 201 g/mol. The van der Waals surface area contributed by atoms with E-state index in [1.165, 1.54) is 6.33 Å². The van der Waals surface area contributed by atoms with Crippen molar-refractivity contribution in [3.05, 3.63) is 29.6 Å². The van der Waals surface area contributed by atoms with Gasteiger partial charge < -0.3 is 10.1 Å². The van der Waals surface area contributed by atoms with E-state index in [0.29, 0.717) is 22.2 Å². The molecule has 0 bridgehead atoms. The summed E-state index contributed by atoms with van der Waals surface area (Å²) in [5.41, 5.74) is 2.22. The Bertz CT molecular complexity index is 566. The third kappa shape index (κ3) is 1.53. The maximum Gasteiger partial charge on any atom is 0.307 e. The third-order valence-corrected chi connectivity index (χ3v) is 2.13. The lowest BCUT2D eigenvalue weighted by Crippen LogP contribution is -2.01. The fourth-order valence-corrected chi connectivity index (χ4v) is 1.49. The predicted octanol–water partition coefficient (Wildman–Crippen LogP) is 1.06. The van der Waals surface area contributed by atoms with Gasteiger partial charge in [-0.1, -0.05) is 6.07 Å². The van der Waals surface area contributed by atoms with E-state index in [1.54, 1.807) is 12.1 Å². The second kappa shape index (κ2) is 3.42. The number of aliphatic carboxylic acids is 1. The number of nitrogens with zero attached hydrogens (tertiary/aromatic N) is 2. The van der Waals surface area contributed by atoms with E-state index < -0.39 is 5.97 Å². The van der Waals surface area contributed by atoms with Gasteiger partial charge in [-0.25, -0.2) is 4.98 Å². The van der Waals surface area contributed by atoms with Gasteiger partial charge in [-0.05, 0) is 11.6 Å². The number of carbonyl (C=O) groups is 1. The van der Waals surface area contributed by atoms with Gasteiger partial charge in [-0.2, -0.15) is 5.26 Å². The molecule has 1 aromatic heterocycles. The van der Waals surface area contributed by atoms with Gasteiger partial charge in [0.15, 0.2) is 0 Å². The average Bonchev–Trinajstić information content (AvgIpc) is 2.66. The SMILES string of the molecule is N#Cc1ccc(CC(=O)O)c2nc[nH]c12. The molecule has 0 aliphatic carbocycles. The van der Waals surface area contributed by atoms with Crippen LogP contribution in [0.15, 0.2) is 18.5 Å². The number of imidazole rings is 1. The van der Waals surface area contributed by atoms with Gasteiger partial charge in [-0.15, -0.1) is 0 Å². The van der Waals surface area contributed by atoms with Crippen LogP contribution in [0.25, 0.3) is 11.0 Å². The van der Waals surface area contributed by atoms with Gasteiger partial charge in [-0.3, -0.25) is 4.79 Å². The summed E-state index contributed by atoms with van der Waals surface area (Å²) in [7, 11) is 0. The first-order valence-corrected chi connectivity index (χ1v) is 4.29. The van der Waals surface area contributed by atoms with Crippen LogP contribution in [0, 0.1) is 11.3 Å². The Balaban J connectivity index is 2.64. The minimum Gasteiger partial charge on any atom is -0.481 e. The number of hydrogen-bond acceptors (Lipinski definition) is 3. The molecule has 0 aliphatic rings. The quantitative estimate of drug-likeness (QED) is 0.760. The van der Waals surface area contributed by atoms with Gasteiger partial charge in [0.05, 0.1) is 29.3 Å². The van der Waals surface area contributed by atoms with E-state index in [4.69, 9.17) is 10.4 Å². The molecule has 1 aromatic carbocycles. The van der Waals surface area contributed by atoms with E-state index in [1.807, 2.05) is 6.07 Å². The molecule has 0 radical (unpaired) electrons. The highest BCUT2D eigenvalue weighted by Gasteiger charge is 2.10. The molecule has 0 fully saturated rings. The van der Waals surface area contributed by atoms with Crippen molar-refractivity contribution in [3.8, 4) is 6.07 Å². The number of hydrogen-bond donors (Lipinski definition) is 2. The molecule has 2 aromatic rings. The minimum absolute atomic E-state index is 0.0902. The zero-order chi connectivity index (χ0) is 10.8. The molecule has 0 atom stereocenters. The molecule has 0 saturated carbocycles. The second-order valence-corrected chi connectivity index (χ2v) is 3.08. The number of aromatic nitrogens is 2. The van der Waals surface area contributed by atoms with Crippen LogP contribution in [-0.4, -0.2) is 21.0 Å². The lowest BCUT2D eigenvalue weighted by Gasteiger charge is -1.99. The summed E-state index contributed by atoms with van der Waals surface area (Å²) in [6, 6.07) is 5.23. The van der Waals surface area contributed by atoms with Crippen LogP contribution in [0.3, 0.4) is 0 Å². The number of carboxylic acids is 1. The van der Waals surface area contributed by atoms with Crippen molar-refractivity contribution in [3.63, 3.8) is 0 Å². The molecule has 0 saturated heterocycles. The molecule has 5 nitrogen and oxygen atoms in total. The first-order valence-electron chi connectivity index (χ1n) is 4.29. The predicted molar refractivity (Wildman–Crippen MR) is 52.1 cm³/mol. The Kier molecular flexibility index (Phi) is 2.10. The summed E-state index contributed by atoms with van der Waals surface area (Å²) in [6.45, 7) is 0. The normalized spacial score (nSPS) is 10.1. The van der Waals surface area contributed by atoms with Crippen LogP contribution in [0.2, 0.25) is 0 Å². The number of rotatable bonds is 2. The van der Waals surface area contributed by atoms with Crippen LogP contribution >= 0.6 is 0 Å². The number of nitriles is 1. The van der Waals surface area contributed by atoms with Crippen LogP contribution in [0.4, 0.5) is 0 Å². The maximum atomic E-state index is 10.6. The third-order valence-electron chi connectivity index (χ3n) is 2.13. The molecular formula is C10H7N3O2. The van der Waals surface area contributed by atoms with E-state index in [0.717, 1.165) is 0 Å². The zero-order valence-corrected chi connectivity index (χ0v) is 7.69. The number of carboxylic acid groups (broad SMARTS) is 1. The van der Waals surface area contributed by atoms with Crippen molar-refractivity contribution in [2.24, 2.45) is 0 Å². The zero-order valence-electron chi connectivity index (χ0n) is 7.69. The van der Waals surface area contributed by atoms with E-state index in [2.05, 4.69) is 9.97 Å². The minimum atomic E-state index is -0.913. The van der Waals surface area contributed by atoms with Crippen molar-refractivity contribution < 1.29 is 9.90 Å². The molecule has 5 heteroatoms. The Morgan fingerprint density at radius 3 is 3.07 bits per heavy atom. The van der Waals surface area contributed by atoms with Gasteiger partial charge in [0.1, 0.15) is 6.07 Å². The number of fused-ring (bicyclic) bond motifs is 1. The van der Waals surface area contributed by atoms with Crippen LogP contribution in [0.5, 0.6) is 0 Å². The van der Waals surface area contributed by atoms with Crippen LogP contribution in [0.1, 0.15) is 11.1 Å². The summed E-state index contributed by atoms with van der Waals surface area (Å²) in [4.78, 5) is 17.4. The molecule has 0 aliphatic heterocycles. The highest BCUT2D eigenvalue weighted by atomic mass is 16.4. The lowest BCUT2D eigenvalue weighted by molar-refractivity contribution is -0.136. The largest absolute Gasteiger partial charge is 0.481 e. The highest BCUT2D eigenvalue weighted by molar-refractivity contribution is 5.87. The first kappa shape index (κ1) is 9.21. The fraction of sp³-hybridized carbons (Fsp3) is 0.100. The molecule has 15 heavy (non-hydrogen) atoms. The summed E-state index contributed by atoms with van der Waals surface area (Å²) in [5.74, 6) is -0.913. The Hall–Kier alpha value is -2.35. The van der Waals surface area contributed by atoms with E-state index in [9.17, 15) is 4.79 Å². The molecular weight excluding hydrogens is 194 g/mol. The first-order chi connectivity index (χ1) is 7.22. The van der Waals surface area contributed by atoms with Crippen molar-refractivity contribution in [1.29, 1.82) is 5.26 Å². The molecule has 2 N–H and O–H groups in total. The second-order valence-electron chi connectivity index (χ2n) is 3.08. The van der Waals surface area contributed by atoms with E-state index >= 15 is 0 Å². The van der Waals surface area contributed by atoms with Gasteiger partial charge in [0.2, 0.25) is 0 Å². The van der Waals surface area contributed by atoms with Crippen molar-refractivity contribution in [2.75, 3.05) is 0 Å². The molecule has 1 heterocycles. The molecule has 74 valence electrons. The van der Waals surface area contributed by atoms with Crippen LogP contribution < -0.4 is 0 Å². The van der Waals surface area contributed by atoms with Crippen molar-refractivity contribution in [2.45, 2.75) is 6.42 Å². The standard InChI is InChI=1S/C10H7N3O2/c11-4-7-2-1-6(3-8(14)15)9-10(7)13-5-12-9/h1-2,5H,3H2,(H,12,13)(H,14,15). The Morgan fingerprint density at radius 1 is 1.60 bits per heavy atom. The Morgan fingerprint density at radius 2 is 2.40 bits per heavy atom. The monoisotopic (exact) mass is 201 g/mol.